The Kier molecular flexibility index (Phi) is 5.67. The highest BCUT2D eigenvalue weighted by Gasteiger charge is 2.33. The van der Waals surface area contributed by atoms with Crippen LogP contribution in [0.2, 0.25) is 0 Å². The van der Waals surface area contributed by atoms with E-state index >= 15 is 0 Å². The van der Waals surface area contributed by atoms with Gasteiger partial charge in [-0.25, -0.2) is 0 Å². The molecule has 3 nitrogen and oxygen atoms in total. The average molecular weight is 268 g/mol. The first-order valence-electron chi connectivity index (χ1n) is 8.30. The Bertz CT molecular complexity index is 259. The van der Waals surface area contributed by atoms with E-state index in [1.165, 1.54) is 58.2 Å². The summed E-state index contributed by atoms with van der Waals surface area (Å²) >= 11 is 0. The molecule has 0 aromatic rings. The fraction of sp³-hybridized carbons (Fsp3) is 1.00. The molecule has 2 atom stereocenters. The van der Waals surface area contributed by atoms with Gasteiger partial charge in [-0.3, -0.25) is 4.90 Å². The highest BCUT2D eigenvalue weighted by molar-refractivity contribution is 4.93. The molecule has 1 N–H and O–H groups in total. The molecule has 19 heavy (non-hydrogen) atoms. The van der Waals surface area contributed by atoms with Crippen LogP contribution in [0.1, 0.15) is 59.3 Å². The van der Waals surface area contributed by atoms with E-state index in [9.17, 15) is 0 Å². The maximum absolute atomic E-state index is 5.77. The Labute approximate surface area is 119 Å². The third-order valence-electron chi connectivity index (χ3n) is 5.31. The molecular formula is C16H32N2O. The summed E-state index contributed by atoms with van der Waals surface area (Å²) in [6, 6.07) is 0.703. The second-order valence-corrected chi connectivity index (χ2v) is 6.45. The van der Waals surface area contributed by atoms with Crippen molar-refractivity contribution >= 4 is 0 Å². The molecule has 2 rings (SSSR count). The highest BCUT2D eigenvalue weighted by atomic mass is 16.5. The predicted molar refractivity (Wildman–Crippen MR) is 80.6 cm³/mol. The standard InChI is InChI=1S/C16H32N2O/c1-4-16(5-2)13-18(14(3)8-10-17-16)11-9-15-7-6-12-19-15/h14-15,17H,4-13H2,1-3H3. The molecule has 2 aliphatic heterocycles. The minimum atomic E-state index is 0.335. The lowest BCUT2D eigenvalue weighted by Crippen LogP contribution is -2.51. The van der Waals surface area contributed by atoms with Crippen molar-refractivity contribution < 1.29 is 4.74 Å². The van der Waals surface area contributed by atoms with Gasteiger partial charge in [0.25, 0.3) is 0 Å². The molecule has 2 heterocycles. The van der Waals surface area contributed by atoms with Gasteiger partial charge < -0.3 is 10.1 Å². The van der Waals surface area contributed by atoms with E-state index in [-0.39, 0.29) is 0 Å². The molecule has 2 fully saturated rings. The number of nitrogens with zero attached hydrogens (tertiary/aromatic N) is 1. The van der Waals surface area contributed by atoms with Crippen LogP contribution in [0, 0.1) is 0 Å². The van der Waals surface area contributed by atoms with Crippen molar-refractivity contribution in [2.24, 2.45) is 0 Å². The Morgan fingerprint density at radius 3 is 2.68 bits per heavy atom. The third kappa shape index (κ3) is 3.93. The molecule has 3 heteroatoms. The second kappa shape index (κ2) is 7.05. The van der Waals surface area contributed by atoms with Crippen molar-refractivity contribution in [3.05, 3.63) is 0 Å². The first-order chi connectivity index (χ1) is 9.19. The Hall–Kier alpha value is -0.120. The lowest BCUT2D eigenvalue weighted by atomic mass is 9.92. The van der Waals surface area contributed by atoms with Crippen molar-refractivity contribution in [3.8, 4) is 0 Å². The van der Waals surface area contributed by atoms with Gasteiger partial charge in [-0.15, -0.1) is 0 Å². The van der Waals surface area contributed by atoms with Gasteiger partial charge in [-0.05, 0) is 52.0 Å². The summed E-state index contributed by atoms with van der Waals surface area (Å²) in [4.78, 5) is 2.70. The van der Waals surface area contributed by atoms with Crippen LogP contribution in [-0.4, -0.2) is 48.8 Å². The van der Waals surface area contributed by atoms with Crippen molar-refractivity contribution in [1.29, 1.82) is 0 Å². The van der Waals surface area contributed by atoms with Crippen LogP contribution in [0.3, 0.4) is 0 Å². The van der Waals surface area contributed by atoms with Crippen LogP contribution >= 0.6 is 0 Å². The second-order valence-electron chi connectivity index (χ2n) is 6.45. The molecule has 2 unspecified atom stereocenters. The number of ether oxygens (including phenoxy) is 1. The molecule has 0 saturated carbocycles. The molecule has 2 saturated heterocycles. The van der Waals surface area contributed by atoms with Gasteiger partial charge in [-0.1, -0.05) is 13.8 Å². The summed E-state index contributed by atoms with van der Waals surface area (Å²) in [5.41, 5.74) is 0.335. The van der Waals surface area contributed by atoms with Gasteiger partial charge in [0, 0.05) is 31.3 Å². The fourth-order valence-electron chi connectivity index (χ4n) is 3.53. The molecule has 112 valence electrons. The highest BCUT2D eigenvalue weighted by Crippen LogP contribution is 2.24. The molecular weight excluding hydrogens is 236 g/mol. The largest absolute Gasteiger partial charge is 0.378 e. The molecule has 0 spiro atoms. The van der Waals surface area contributed by atoms with E-state index in [2.05, 4.69) is 31.0 Å². The summed E-state index contributed by atoms with van der Waals surface area (Å²) in [5.74, 6) is 0. The van der Waals surface area contributed by atoms with E-state index < -0.39 is 0 Å². The smallest absolute Gasteiger partial charge is 0.0588 e. The normalized spacial score (nSPS) is 32.4. The molecule has 2 aliphatic rings. The predicted octanol–water partition coefficient (Wildman–Crippen LogP) is 2.80. The van der Waals surface area contributed by atoms with Crippen molar-refractivity contribution in [1.82, 2.24) is 10.2 Å². The fourth-order valence-corrected chi connectivity index (χ4v) is 3.53. The van der Waals surface area contributed by atoms with E-state index in [1.54, 1.807) is 0 Å². The van der Waals surface area contributed by atoms with E-state index in [4.69, 9.17) is 4.74 Å². The maximum Gasteiger partial charge on any atom is 0.0588 e. The summed E-state index contributed by atoms with van der Waals surface area (Å²) in [7, 11) is 0. The van der Waals surface area contributed by atoms with Crippen LogP contribution in [0.15, 0.2) is 0 Å². The minimum Gasteiger partial charge on any atom is -0.378 e. The zero-order valence-corrected chi connectivity index (χ0v) is 13.1. The first-order valence-corrected chi connectivity index (χ1v) is 8.30. The Morgan fingerprint density at radius 1 is 1.26 bits per heavy atom. The van der Waals surface area contributed by atoms with Gasteiger partial charge in [0.1, 0.15) is 0 Å². The van der Waals surface area contributed by atoms with Gasteiger partial charge in [-0.2, -0.15) is 0 Å². The van der Waals surface area contributed by atoms with Gasteiger partial charge >= 0.3 is 0 Å². The monoisotopic (exact) mass is 268 g/mol. The van der Waals surface area contributed by atoms with Crippen molar-refractivity contribution in [2.75, 3.05) is 26.2 Å². The summed E-state index contributed by atoms with van der Waals surface area (Å²) in [6.07, 6.45) is 8.00. The topological polar surface area (TPSA) is 24.5 Å². The molecule has 0 aromatic carbocycles. The van der Waals surface area contributed by atoms with Gasteiger partial charge in [0.05, 0.1) is 6.10 Å². The Morgan fingerprint density at radius 2 is 2.05 bits per heavy atom. The lowest BCUT2D eigenvalue weighted by Gasteiger charge is -2.37. The number of rotatable bonds is 5. The van der Waals surface area contributed by atoms with Gasteiger partial charge in [0.15, 0.2) is 0 Å². The first kappa shape index (κ1) is 15.3. The van der Waals surface area contributed by atoms with E-state index in [1.807, 2.05) is 0 Å². The average Bonchev–Trinajstić information content (AvgIpc) is 2.89. The minimum absolute atomic E-state index is 0.335. The molecule has 0 aromatic heterocycles. The lowest BCUT2D eigenvalue weighted by molar-refractivity contribution is 0.0796. The van der Waals surface area contributed by atoms with Crippen LogP contribution in [0.25, 0.3) is 0 Å². The zero-order valence-electron chi connectivity index (χ0n) is 13.1. The number of hydrogen-bond donors (Lipinski definition) is 1. The van der Waals surface area contributed by atoms with Crippen LogP contribution < -0.4 is 5.32 Å². The Balaban J connectivity index is 1.90. The molecule has 0 amide bonds. The quantitative estimate of drug-likeness (QED) is 0.830. The molecule has 0 radical (unpaired) electrons. The van der Waals surface area contributed by atoms with Crippen molar-refractivity contribution in [2.45, 2.75) is 77.0 Å². The maximum atomic E-state index is 5.77. The molecule has 0 aliphatic carbocycles. The summed E-state index contributed by atoms with van der Waals surface area (Å²) in [6.45, 7) is 11.6. The number of hydrogen-bond acceptors (Lipinski definition) is 3. The van der Waals surface area contributed by atoms with Crippen LogP contribution in [0.5, 0.6) is 0 Å². The number of nitrogens with one attached hydrogen (secondary N) is 1. The zero-order chi connectivity index (χ0) is 13.7. The SMILES string of the molecule is CCC1(CC)CN(CCC2CCCO2)C(C)CCN1. The third-order valence-corrected chi connectivity index (χ3v) is 5.31. The van der Waals surface area contributed by atoms with Crippen molar-refractivity contribution in [3.63, 3.8) is 0 Å². The summed E-state index contributed by atoms with van der Waals surface area (Å²) in [5, 5.41) is 3.81. The van der Waals surface area contributed by atoms with Crippen LogP contribution in [-0.2, 0) is 4.74 Å². The van der Waals surface area contributed by atoms with E-state index in [0.717, 1.165) is 6.61 Å². The van der Waals surface area contributed by atoms with E-state index in [0.29, 0.717) is 17.7 Å². The van der Waals surface area contributed by atoms with Gasteiger partial charge in [0.2, 0.25) is 0 Å². The summed E-state index contributed by atoms with van der Waals surface area (Å²) < 4.78 is 5.77. The molecule has 0 bridgehead atoms. The van der Waals surface area contributed by atoms with Crippen LogP contribution in [0.4, 0.5) is 0 Å².